The molecule has 0 radical (unpaired) electrons. The van der Waals surface area contributed by atoms with Gasteiger partial charge in [0.05, 0.1) is 30.2 Å². The third-order valence-corrected chi connectivity index (χ3v) is 4.00. The average Bonchev–Trinajstić information content (AvgIpc) is 2.61. The van der Waals surface area contributed by atoms with Crippen LogP contribution < -0.4 is 10.6 Å². The molecule has 2 aromatic heterocycles. The maximum absolute atomic E-state index is 13.8. The Bertz CT molecular complexity index is 959. The minimum Gasteiger partial charge on any atom is -0.346 e. The number of nitrogens with one attached hydrogen (secondary N) is 2. The number of carbonyl (C=O) groups excluding carboxylic acids is 2. The number of carbonyl (C=O) groups is 2. The van der Waals surface area contributed by atoms with E-state index in [1.807, 2.05) is 6.07 Å². The van der Waals surface area contributed by atoms with Crippen LogP contribution in [0.3, 0.4) is 0 Å². The van der Waals surface area contributed by atoms with Gasteiger partial charge in [-0.2, -0.15) is 5.26 Å². The van der Waals surface area contributed by atoms with Crippen LogP contribution in [-0.4, -0.2) is 33.4 Å². The summed E-state index contributed by atoms with van der Waals surface area (Å²) in [6, 6.07) is 2.85. The summed E-state index contributed by atoms with van der Waals surface area (Å²) in [5, 5.41) is 14.2. The molecule has 0 fully saturated rings. The molecule has 10 heteroatoms. The largest absolute Gasteiger partial charge is 0.346 e. The summed E-state index contributed by atoms with van der Waals surface area (Å²) in [5.41, 5.74) is 1.01. The van der Waals surface area contributed by atoms with Crippen molar-refractivity contribution < 1.29 is 18.4 Å². The SMILES string of the molecule is C[C@H](NC(=O)CN1Cc2c(ccnc2C#N)NC1=O)c1ncc(F)cc1F. The van der Waals surface area contributed by atoms with Crippen molar-refractivity contribution in [2.24, 2.45) is 0 Å². The fourth-order valence-electron chi connectivity index (χ4n) is 2.72. The number of halogens is 2. The molecule has 0 bridgehead atoms. The Morgan fingerprint density at radius 1 is 1.48 bits per heavy atom. The molecule has 0 spiro atoms. The zero-order chi connectivity index (χ0) is 19.6. The van der Waals surface area contributed by atoms with Gasteiger partial charge in [-0.05, 0) is 13.0 Å². The normalized spacial score (nSPS) is 14.0. The zero-order valence-corrected chi connectivity index (χ0v) is 14.2. The molecular formula is C17H14F2N6O2. The first-order valence-corrected chi connectivity index (χ1v) is 7.93. The van der Waals surface area contributed by atoms with Crippen molar-refractivity contribution in [1.82, 2.24) is 20.2 Å². The molecule has 0 unspecified atom stereocenters. The van der Waals surface area contributed by atoms with Gasteiger partial charge in [0, 0.05) is 17.8 Å². The lowest BCUT2D eigenvalue weighted by Crippen LogP contribution is -2.45. The van der Waals surface area contributed by atoms with E-state index >= 15 is 0 Å². The van der Waals surface area contributed by atoms with Crippen molar-refractivity contribution in [1.29, 1.82) is 5.26 Å². The number of rotatable bonds is 4. The van der Waals surface area contributed by atoms with Gasteiger partial charge in [-0.15, -0.1) is 0 Å². The molecule has 0 aromatic carbocycles. The van der Waals surface area contributed by atoms with Gasteiger partial charge in [0.15, 0.2) is 0 Å². The molecule has 1 atom stereocenters. The van der Waals surface area contributed by atoms with Gasteiger partial charge >= 0.3 is 6.03 Å². The molecule has 0 saturated carbocycles. The van der Waals surface area contributed by atoms with Gasteiger partial charge in [-0.1, -0.05) is 0 Å². The molecule has 0 aliphatic carbocycles. The quantitative estimate of drug-likeness (QED) is 0.851. The van der Waals surface area contributed by atoms with Gasteiger partial charge in [-0.25, -0.2) is 18.6 Å². The fraction of sp³-hybridized carbons (Fsp3) is 0.235. The molecule has 3 amide bonds. The van der Waals surface area contributed by atoms with Crippen molar-refractivity contribution in [3.05, 3.63) is 53.1 Å². The van der Waals surface area contributed by atoms with Gasteiger partial charge in [0.25, 0.3) is 0 Å². The van der Waals surface area contributed by atoms with Gasteiger partial charge < -0.3 is 15.5 Å². The average molecular weight is 372 g/mol. The molecule has 2 N–H and O–H groups in total. The highest BCUT2D eigenvalue weighted by Crippen LogP contribution is 2.24. The molecule has 138 valence electrons. The monoisotopic (exact) mass is 372 g/mol. The van der Waals surface area contributed by atoms with Crippen molar-refractivity contribution in [3.8, 4) is 6.07 Å². The first kappa shape index (κ1) is 18.2. The number of hydrogen-bond acceptors (Lipinski definition) is 5. The van der Waals surface area contributed by atoms with Crippen LogP contribution in [0, 0.1) is 23.0 Å². The lowest BCUT2D eigenvalue weighted by Gasteiger charge is -2.29. The van der Waals surface area contributed by atoms with E-state index in [0.29, 0.717) is 17.3 Å². The second kappa shape index (κ2) is 7.33. The van der Waals surface area contributed by atoms with Crippen LogP contribution in [0.1, 0.15) is 29.9 Å². The van der Waals surface area contributed by atoms with Crippen LogP contribution >= 0.6 is 0 Å². The van der Waals surface area contributed by atoms with Crippen molar-refractivity contribution in [2.45, 2.75) is 19.5 Å². The summed E-state index contributed by atoms with van der Waals surface area (Å²) in [4.78, 5) is 33.2. The highest BCUT2D eigenvalue weighted by atomic mass is 19.1. The Morgan fingerprint density at radius 3 is 2.96 bits per heavy atom. The number of hydrogen-bond donors (Lipinski definition) is 2. The molecule has 2 aromatic rings. The maximum Gasteiger partial charge on any atom is 0.322 e. The standard InChI is InChI=1S/C17H14F2N6O2/c1-9(16-12(19)4-10(18)6-22-16)23-15(26)8-25-7-11-13(24-17(25)27)2-3-21-14(11)5-20/h2-4,6,9H,7-8H2,1H3,(H,23,26)(H,24,27)/t9-/m0/s1. The number of fused-ring (bicyclic) bond motifs is 1. The third kappa shape index (κ3) is 3.82. The smallest absolute Gasteiger partial charge is 0.322 e. The second-order valence-corrected chi connectivity index (χ2v) is 5.89. The summed E-state index contributed by atoms with van der Waals surface area (Å²) in [6.07, 6.45) is 2.26. The predicted molar refractivity (Wildman–Crippen MR) is 89.1 cm³/mol. The Balaban J connectivity index is 1.69. The van der Waals surface area contributed by atoms with E-state index in [1.165, 1.54) is 18.0 Å². The van der Waals surface area contributed by atoms with E-state index in [4.69, 9.17) is 5.26 Å². The number of anilines is 1. The summed E-state index contributed by atoms with van der Waals surface area (Å²) >= 11 is 0. The van der Waals surface area contributed by atoms with Crippen LogP contribution in [0.15, 0.2) is 24.5 Å². The second-order valence-electron chi connectivity index (χ2n) is 5.89. The number of nitriles is 1. The number of amides is 3. The number of nitrogens with zero attached hydrogens (tertiary/aromatic N) is 4. The van der Waals surface area contributed by atoms with Crippen molar-refractivity contribution in [3.63, 3.8) is 0 Å². The zero-order valence-electron chi connectivity index (χ0n) is 14.2. The fourth-order valence-corrected chi connectivity index (χ4v) is 2.72. The third-order valence-electron chi connectivity index (χ3n) is 4.00. The van der Waals surface area contributed by atoms with E-state index in [1.54, 1.807) is 6.07 Å². The first-order valence-electron chi connectivity index (χ1n) is 7.93. The van der Waals surface area contributed by atoms with E-state index in [2.05, 4.69) is 20.6 Å². The predicted octanol–water partition coefficient (Wildman–Crippen LogP) is 1.85. The number of pyridine rings is 2. The highest BCUT2D eigenvalue weighted by Gasteiger charge is 2.27. The van der Waals surface area contributed by atoms with Gasteiger partial charge in [0.2, 0.25) is 5.91 Å². The van der Waals surface area contributed by atoms with Crippen molar-refractivity contribution >= 4 is 17.6 Å². The molecule has 1 aliphatic heterocycles. The Labute approximate surface area is 152 Å². The van der Waals surface area contributed by atoms with Crippen LogP contribution in [-0.2, 0) is 11.3 Å². The van der Waals surface area contributed by atoms with E-state index in [0.717, 1.165) is 6.20 Å². The molecule has 1 aliphatic rings. The molecule has 3 rings (SSSR count). The minimum absolute atomic E-state index is 0.0306. The summed E-state index contributed by atoms with van der Waals surface area (Å²) in [7, 11) is 0. The van der Waals surface area contributed by atoms with Crippen LogP contribution in [0.25, 0.3) is 0 Å². The summed E-state index contributed by atoms with van der Waals surface area (Å²) in [6.45, 7) is 1.20. The summed E-state index contributed by atoms with van der Waals surface area (Å²) < 4.78 is 26.7. The van der Waals surface area contributed by atoms with Gasteiger partial charge in [0.1, 0.15) is 29.9 Å². The molecule has 27 heavy (non-hydrogen) atoms. The lowest BCUT2D eigenvalue weighted by atomic mass is 10.1. The highest BCUT2D eigenvalue weighted by molar-refractivity contribution is 5.95. The number of urea groups is 1. The van der Waals surface area contributed by atoms with E-state index in [9.17, 15) is 18.4 Å². The van der Waals surface area contributed by atoms with E-state index < -0.39 is 29.6 Å². The summed E-state index contributed by atoms with van der Waals surface area (Å²) in [5.74, 6) is -2.26. The Kier molecular flexibility index (Phi) is 4.94. The van der Waals surface area contributed by atoms with Crippen LogP contribution in [0.5, 0.6) is 0 Å². The molecule has 0 saturated heterocycles. The van der Waals surface area contributed by atoms with Crippen molar-refractivity contribution in [2.75, 3.05) is 11.9 Å². The van der Waals surface area contributed by atoms with Crippen LogP contribution in [0.2, 0.25) is 0 Å². The minimum atomic E-state index is -0.878. The topological polar surface area (TPSA) is 111 Å². The number of aromatic nitrogens is 2. The van der Waals surface area contributed by atoms with Crippen LogP contribution in [0.4, 0.5) is 19.3 Å². The maximum atomic E-state index is 13.8. The Morgan fingerprint density at radius 2 is 2.26 bits per heavy atom. The Hall–Kier alpha value is -3.61. The molecule has 8 nitrogen and oxygen atoms in total. The first-order chi connectivity index (χ1) is 12.9. The molecular weight excluding hydrogens is 358 g/mol. The van der Waals surface area contributed by atoms with Gasteiger partial charge in [-0.3, -0.25) is 9.78 Å². The lowest BCUT2D eigenvalue weighted by molar-refractivity contribution is -0.122. The molecule has 3 heterocycles. The van der Waals surface area contributed by atoms with E-state index in [-0.39, 0.29) is 24.5 Å².